The fraction of sp³-hybridized carbons (Fsp3) is 0.200. The summed E-state index contributed by atoms with van der Waals surface area (Å²) >= 11 is 13.8. The average Bonchev–Trinajstić information content (AvgIpc) is 3.25. The van der Waals surface area contributed by atoms with Crippen LogP contribution in [0.4, 0.5) is 0 Å². The van der Waals surface area contributed by atoms with Gasteiger partial charge >= 0.3 is 0 Å². The molecule has 1 aliphatic rings. The van der Waals surface area contributed by atoms with E-state index in [1.807, 2.05) is 6.07 Å². The minimum absolute atomic E-state index is 0.0989. The van der Waals surface area contributed by atoms with Crippen LogP contribution in [0, 0.1) is 0 Å². The van der Waals surface area contributed by atoms with Crippen LogP contribution in [0.3, 0.4) is 0 Å². The molecule has 0 saturated carbocycles. The van der Waals surface area contributed by atoms with Gasteiger partial charge in [-0.2, -0.15) is 0 Å². The lowest BCUT2D eigenvalue weighted by Gasteiger charge is -2.09. The topological polar surface area (TPSA) is 58.9 Å². The molecule has 1 aromatic carbocycles. The normalized spacial score (nSPS) is 13.9. The number of hydrogen-bond donors (Lipinski definition) is 1. The SMILES string of the molecule is O=c1[nH]c(-c2ccc(-c3cc(Cl)cc(Cl)c3)o2)nc2sc3c(c12)CCCC3. The summed E-state index contributed by atoms with van der Waals surface area (Å²) in [7, 11) is 0. The minimum atomic E-state index is -0.0989. The lowest BCUT2D eigenvalue weighted by atomic mass is 9.97. The van der Waals surface area contributed by atoms with Crippen LogP contribution < -0.4 is 5.56 Å². The van der Waals surface area contributed by atoms with Crippen LogP contribution in [0.1, 0.15) is 23.3 Å². The Kier molecular flexibility index (Phi) is 4.11. The van der Waals surface area contributed by atoms with E-state index in [2.05, 4.69) is 9.97 Å². The number of H-pyrrole nitrogens is 1. The molecule has 27 heavy (non-hydrogen) atoms. The van der Waals surface area contributed by atoms with Gasteiger partial charge < -0.3 is 9.40 Å². The van der Waals surface area contributed by atoms with E-state index in [0.717, 1.165) is 35.0 Å². The number of rotatable bonds is 2. The van der Waals surface area contributed by atoms with Gasteiger partial charge in [-0.05, 0) is 61.6 Å². The molecule has 0 fully saturated rings. The number of fused-ring (bicyclic) bond motifs is 3. The summed E-state index contributed by atoms with van der Waals surface area (Å²) < 4.78 is 5.93. The fourth-order valence-electron chi connectivity index (χ4n) is 3.60. The zero-order valence-corrected chi connectivity index (χ0v) is 16.5. The second-order valence-electron chi connectivity index (χ2n) is 6.63. The van der Waals surface area contributed by atoms with E-state index in [9.17, 15) is 4.79 Å². The molecule has 0 unspecified atom stereocenters. The average molecular weight is 417 g/mol. The third-order valence-electron chi connectivity index (χ3n) is 4.81. The second kappa shape index (κ2) is 6.51. The molecule has 1 N–H and O–H groups in total. The molecule has 0 saturated heterocycles. The van der Waals surface area contributed by atoms with Crippen molar-refractivity contribution >= 4 is 44.8 Å². The predicted octanol–water partition coefficient (Wildman–Crippen LogP) is 6.10. The van der Waals surface area contributed by atoms with Gasteiger partial charge in [0.25, 0.3) is 5.56 Å². The van der Waals surface area contributed by atoms with Crippen molar-refractivity contribution in [2.45, 2.75) is 25.7 Å². The molecule has 1 aliphatic carbocycles. The summed E-state index contributed by atoms with van der Waals surface area (Å²) in [5.41, 5.74) is 1.85. The van der Waals surface area contributed by atoms with E-state index < -0.39 is 0 Å². The Morgan fingerprint density at radius 3 is 2.59 bits per heavy atom. The molecule has 0 radical (unpaired) electrons. The highest BCUT2D eigenvalue weighted by Gasteiger charge is 2.21. The fourth-order valence-corrected chi connectivity index (χ4v) is 5.39. The van der Waals surface area contributed by atoms with Gasteiger partial charge in [0.05, 0.1) is 5.39 Å². The van der Waals surface area contributed by atoms with Crippen molar-refractivity contribution < 1.29 is 4.42 Å². The lowest BCUT2D eigenvalue weighted by molar-refractivity contribution is 0.592. The predicted molar refractivity (Wildman–Crippen MR) is 110 cm³/mol. The number of aromatic amines is 1. The van der Waals surface area contributed by atoms with Crippen LogP contribution >= 0.6 is 34.5 Å². The van der Waals surface area contributed by atoms with Gasteiger partial charge in [-0.15, -0.1) is 11.3 Å². The number of nitrogens with zero attached hydrogens (tertiary/aromatic N) is 1. The summed E-state index contributed by atoms with van der Waals surface area (Å²) in [4.78, 5) is 22.3. The summed E-state index contributed by atoms with van der Waals surface area (Å²) in [6.45, 7) is 0. The van der Waals surface area contributed by atoms with Crippen LogP contribution in [0.15, 0.2) is 39.5 Å². The lowest BCUT2D eigenvalue weighted by Crippen LogP contribution is -2.11. The third-order valence-corrected chi connectivity index (χ3v) is 6.43. The molecule has 0 spiro atoms. The smallest absolute Gasteiger partial charge is 0.260 e. The minimum Gasteiger partial charge on any atom is -0.453 e. The van der Waals surface area contributed by atoms with Crippen molar-refractivity contribution in [3.8, 4) is 22.9 Å². The molecule has 3 aromatic heterocycles. The number of hydrogen-bond acceptors (Lipinski definition) is 4. The van der Waals surface area contributed by atoms with Crippen LogP contribution in [-0.4, -0.2) is 9.97 Å². The summed E-state index contributed by atoms with van der Waals surface area (Å²) in [5, 5.41) is 1.81. The molecule has 4 nitrogen and oxygen atoms in total. The first-order valence-electron chi connectivity index (χ1n) is 8.70. The Bertz CT molecular complexity index is 1220. The quantitative estimate of drug-likeness (QED) is 0.429. The van der Waals surface area contributed by atoms with E-state index in [4.69, 9.17) is 27.6 Å². The molecule has 0 bridgehead atoms. The van der Waals surface area contributed by atoms with E-state index in [-0.39, 0.29) is 5.56 Å². The van der Waals surface area contributed by atoms with Crippen molar-refractivity contribution in [3.63, 3.8) is 0 Å². The van der Waals surface area contributed by atoms with Crippen LogP contribution in [0.5, 0.6) is 0 Å². The third kappa shape index (κ3) is 3.00. The first kappa shape index (κ1) is 17.0. The Morgan fingerprint density at radius 2 is 1.78 bits per heavy atom. The molecule has 0 aliphatic heterocycles. The maximum absolute atomic E-state index is 12.7. The standard InChI is InChI=1S/C20H14Cl2N2O2S/c21-11-7-10(8-12(22)9-11)14-5-6-15(26-14)18-23-19(25)17-13-3-1-2-4-16(13)27-20(17)24-18/h5-9H,1-4H2,(H,23,24,25). The first-order chi connectivity index (χ1) is 13.1. The molecule has 5 rings (SSSR count). The zero-order chi connectivity index (χ0) is 18.5. The van der Waals surface area contributed by atoms with Crippen molar-refractivity contribution in [1.29, 1.82) is 0 Å². The molecule has 7 heteroatoms. The molecule has 4 aromatic rings. The highest BCUT2D eigenvalue weighted by Crippen LogP contribution is 2.35. The van der Waals surface area contributed by atoms with Crippen LogP contribution in [0.2, 0.25) is 10.0 Å². The molecule has 136 valence electrons. The second-order valence-corrected chi connectivity index (χ2v) is 8.58. The number of aryl methyl sites for hydroxylation is 2. The highest BCUT2D eigenvalue weighted by molar-refractivity contribution is 7.18. The van der Waals surface area contributed by atoms with Crippen LogP contribution in [-0.2, 0) is 12.8 Å². The Balaban J connectivity index is 1.60. The van der Waals surface area contributed by atoms with Crippen molar-refractivity contribution in [2.24, 2.45) is 0 Å². The maximum Gasteiger partial charge on any atom is 0.260 e. The van der Waals surface area contributed by atoms with Gasteiger partial charge in [0.2, 0.25) is 0 Å². The molecule has 0 amide bonds. The zero-order valence-electron chi connectivity index (χ0n) is 14.1. The van der Waals surface area contributed by atoms with E-state index >= 15 is 0 Å². The van der Waals surface area contributed by atoms with Crippen molar-refractivity contribution in [3.05, 3.63) is 61.2 Å². The monoisotopic (exact) mass is 416 g/mol. The molecular weight excluding hydrogens is 403 g/mol. The number of nitrogens with one attached hydrogen (secondary N) is 1. The summed E-state index contributed by atoms with van der Waals surface area (Å²) in [5.74, 6) is 1.56. The number of aromatic nitrogens is 2. The number of thiophene rings is 1. The van der Waals surface area contributed by atoms with Gasteiger partial charge in [0, 0.05) is 20.5 Å². The van der Waals surface area contributed by atoms with Crippen molar-refractivity contribution in [2.75, 3.05) is 0 Å². The van der Waals surface area contributed by atoms with E-state index in [0.29, 0.717) is 27.4 Å². The van der Waals surface area contributed by atoms with Gasteiger partial charge in [0.15, 0.2) is 11.6 Å². The molecular formula is C20H14Cl2N2O2S. The number of furan rings is 1. The Labute approximate surface area is 168 Å². The summed E-state index contributed by atoms with van der Waals surface area (Å²) in [6, 6.07) is 8.84. The number of benzene rings is 1. The largest absolute Gasteiger partial charge is 0.453 e. The van der Waals surface area contributed by atoms with Gasteiger partial charge in [0.1, 0.15) is 10.6 Å². The van der Waals surface area contributed by atoms with Crippen molar-refractivity contribution in [1.82, 2.24) is 9.97 Å². The number of halogens is 2. The maximum atomic E-state index is 12.7. The Hall–Kier alpha value is -2.08. The van der Waals surface area contributed by atoms with Gasteiger partial charge in [-0.25, -0.2) is 4.98 Å². The van der Waals surface area contributed by atoms with Gasteiger partial charge in [-0.3, -0.25) is 4.79 Å². The summed E-state index contributed by atoms with van der Waals surface area (Å²) in [6.07, 6.45) is 4.30. The van der Waals surface area contributed by atoms with Gasteiger partial charge in [-0.1, -0.05) is 23.2 Å². The van der Waals surface area contributed by atoms with E-state index in [1.165, 1.54) is 16.9 Å². The first-order valence-corrected chi connectivity index (χ1v) is 10.3. The molecule has 0 atom stereocenters. The Morgan fingerprint density at radius 1 is 1.04 bits per heavy atom. The van der Waals surface area contributed by atoms with E-state index in [1.54, 1.807) is 35.6 Å². The highest BCUT2D eigenvalue weighted by atomic mass is 35.5. The van der Waals surface area contributed by atoms with Crippen LogP contribution in [0.25, 0.3) is 33.1 Å². The molecule has 3 heterocycles.